The van der Waals surface area contributed by atoms with E-state index in [1.54, 1.807) is 48.5 Å². The molecular formula is C22H12CaCl2O6. The maximum absolute atomic E-state index is 11.5. The van der Waals surface area contributed by atoms with Gasteiger partial charge in [-0.2, -0.15) is 0 Å². The van der Waals surface area contributed by atoms with E-state index in [0.29, 0.717) is 21.5 Å². The van der Waals surface area contributed by atoms with Crippen LogP contribution in [-0.4, -0.2) is 59.9 Å². The topological polar surface area (TPSA) is 121 Å². The quantitative estimate of drug-likeness (QED) is 0.414. The van der Waals surface area contributed by atoms with Crippen molar-refractivity contribution in [2.24, 2.45) is 0 Å². The molecule has 9 heteroatoms. The van der Waals surface area contributed by atoms with E-state index in [9.17, 15) is 19.8 Å². The summed E-state index contributed by atoms with van der Waals surface area (Å²) in [6, 6.07) is 16.5. The van der Waals surface area contributed by atoms with Crippen LogP contribution in [0.3, 0.4) is 0 Å². The minimum absolute atomic E-state index is 0. The molecule has 31 heavy (non-hydrogen) atoms. The van der Waals surface area contributed by atoms with Gasteiger partial charge in [-0.15, -0.1) is 0 Å². The smallest absolute Gasteiger partial charge is 0.871 e. The zero-order valence-corrected chi connectivity index (χ0v) is 19.5. The van der Waals surface area contributed by atoms with Crippen LogP contribution in [0.25, 0.3) is 21.5 Å². The summed E-state index contributed by atoms with van der Waals surface area (Å²) in [7, 11) is 0. The predicted octanol–water partition coefficient (Wildman–Crippen LogP) is 4.15. The largest absolute Gasteiger partial charge is 2.00 e. The fourth-order valence-electron chi connectivity index (χ4n) is 3.01. The maximum atomic E-state index is 11.5. The Morgan fingerprint density at radius 2 is 1.00 bits per heavy atom. The minimum Gasteiger partial charge on any atom is -0.871 e. The van der Waals surface area contributed by atoms with Crippen LogP contribution in [0, 0.1) is 0 Å². The molecule has 0 heterocycles. The number of fused-ring (bicyclic) bond motifs is 2. The zero-order valence-electron chi connectivity index (χ0n) is 15.8. The first-order valence-electron chi connectivity index (χ1n) is 8.45. The van der Waals surface area contributed by atoms with Gasteiger partial charge < -0.3 is 20.4 Å². The Bertz CT molecular complexity index is 1210. The number of aromatic carboxylic acids is 2. The monoisotopic (exact) mass is 482 g/mol. The normalized spacial score (nSPS) is 10.1. The van der Waals surface area contributed by atoms with Gasteiger partial charge >= 0.3 is 49.7 Å². The summed E-state index contributed by atoms with van der Waals surface area (Å²) < 4.78 is 0. The molecule has 4 rings (SSSR count). The summed E-state index contributed by atoms with van der Waals surface area (Å²) in [6.07, 6.45) is 0. The number of hydrogen-bond acceptors (Lipinski definition) is 4. The van der Waals surface area contributed by atoms with Crippen LogP contribution in [0.2, 0.25) is 10.0 Å². The predicted molar refractivity (Wildman–Crippen MR) is 116 cm³/mol. The van der Waals surface area contributed by atoms with Gasteiger partial charge in [0, 0.05) is 10.0 Å². The van der Waals surface area contributed by atoms with E-state index in [4.69, 9.17) is 33.4 Å². The molecule has 0 bridgehead atoms. The second kappa shape index (κ2) is 10.4. The van der Waals surface area contributed by atoms with Crippen LogP contribution in [0.5, 0.6) is 11.5 Å². The Labute approximate surface area is 216 Å². The van der Waals surface area contributed by atoms with Crippen molar-refractivity contribution < 1.29 is 30.0 Å². The second-order valence-electron chi connectivity index (χ2n) is 6.18. The molecule has 0 unspecified atom stereocenters. The Kier molecular flexibility index (Phi) is 8.40. The molecule has 0 amide bonds. The van der Waals surface area contributed by atoms with Crippen molar-refractivity contribution in [3.8, 4) is 11.5 Å². The standard InChI is InChI=1S/2C11H7ClO3.Ca/c2*12-8-5-6-3-1-2-4-7(6)9(10(8)13)11(14)15;/h2*1-5,13H,(H,14,15);/q;;+2/p-2. The van der Waals surface area contributed by atoms with Gasteiger partial charge in [0.05, 0.1) is 11.1 Å². The first-order valence-corrected chi connectivity index (χ1v) is 9.21. The van der Waals surface area contributed by atoms with Gasteiger partial charge in [0.2, 0.25) is 0 Å². The van der Waals surface area contributed by atoms with Crippen LogP contribution >= 0.6 is 23.2 Å². The van der Waals surface area contributed by atoms with Gasteiger partial charge in [-0.25, -0.2) is 9.59 Å². The summed E-state index contributed by atoms with van der Waals surface area (Å²) in [5.74, 6) is -3.77. The average Bonchev–Trinajstić information content (AvgIpc) is 2.69. The Morgan fingerprint density at radius 3 is 1.32 bits per heavy atom. The van der Waals surface area contributed by atoms with Crippen LogP contribution in [0.4, 0.5) is 0 Å². The average molecular weight is 483 g/mol. The molecule has 0 aliphatic rings. The van der Waals surface area contributed by atoms with E-state index in [2.05, 4.69) is 0 Å². The summed E-state index contributed by atoms with van der Waals surface area (Å²) in [5.41, 5.74) is -0.531. The molecule has 0 spiro atoms. The van der Waals surface area contributed by atoms with Crippen molar-refractivity contribution in [1.29, 1.82) is 0 Å². The fourth-order valence-corrected chi connectivity index (χ4v) is 3.44. The Balaban J connectivity index is 0.000000213. The molecule has 0 saturated carbocycles. The van der Waals surface area contributed by atoms with E-state index >= 15 is 0 Å². The van der Waals surface area contributed by atoms with Gasteiger partial charge in [0.25, 0.3) is 0 Å². The molecule has 4 aromatic carbocycles. The van der Waals surface area contributed by atoms with Gasteiger partial charge in [-0.05, 0) is 33.7 Å². The molecule has 0 atom stereocenters. The van der Waals surface area contributed by atoms with E-state index in [-0.39, 0.29) is 58.9 Å². The molecule has 0 aliphatic carbocycles. The molecule has 0 fully saturated rings. The molecule has 4 aromatic rings. The summed E-state index contributed by atoms with van der Waals surface area (Å²) in [4.78, 5) is 21.9. The van der Waals surface area contributed by atoms with Crippen LogP contribution < -0.4 is 10.2 Å². The first-order chi connectivity index (χ1) is 14.2. The van der Waals surface area contributed by atoms with Crippen molar-refractivity contribution >= 4 is 94.4 Å². The third-order valence-electron chi connectivity index (χ3n) is 4.34. The van der Waals surface area contributed by atoms with Crippen molar-refractivity contribution in [2.75, 3.05) is 0 Å². The molecule has 0 saturated heterocycles. The second-order valence-corrected chi connectivity index (χ2v) is 6.99. The van der Waals surface area contributed by atoms with Crippen LogP contribution in [0.1, 0.15) is 20.7 Å². The molecular weight excluding hydrogens is 471 g/mol. The number of benzene rings is 4. The third kappa shape index (κ3) is 5.17. The van der Waals surface area contributed by atoms with E-state index in [1.807, 2.05) is 0 Å². The first kappa shape index (κ1) is 25.0. The molecule has 0 aliphatic heterocycles. The number of carbonyl (C=O) groups is 2. The van der Waals surface area contributed by atoms with Crippen molar-refractivity contribution in [1.82, 2.24) is 0 Å². The molecule has 2 N–H and O–H groups in total. The zero-order chi connectivity index (χ0) is 22.0. The Morgan fingerprint density at radius 1 is 0.677 bits per heavy atom. The van der Waals surface area contributed by atoms with Gasteiger partial charge in [0.1, 0.15) is 0 Å². The minimum atomic E-state index is -1.25. The number of halogens is 2. The number of carboxylic acid groups (broad SMARTS) is 2. The van der Waals surface area contributed by atoms with Crippen molar-refractivity contribution in [3.05, 3.63) is 81.8 Å². The van der Waals surface area contributed by atoms with Crippen molar-refractivity contribution in [3.63, 3.8) is 0 Å². The number of hydrogen-bond donors (Lipinski definition) is 2. The summed E-state index contributed by atoms with van der Waals surface area (Å²) >= 11 is 11.3. The van der Waals surface area contributed by atoms with Gasteiger partial charge in [-0.1, -0.05) is 83.2 Å². The van der Waals surface area contributed by atoms with E-state index < -0.39 is 23.4 Å². The Hall–Kier alpha value is -2.22. The van der Waals surface area contributed by atoms with E-state index in [0.717, 1.165) is 0 Å². The summed E-state index contributed by atoms with van der Waals surface area (Å²) in [5, 5.41) is 42.9. The number of carboxylic acids is 2. The fraction of sp³-hybridized carbons (Fsp3) is 0. The SMILES string of the molecule is O=C(O)c1c([O-])c(Cl)cc2ccccc12.O=C(O)c1c([O-])c(Cl)cc2ccccc12.[Ca+2]. The van der Waals surface area contributed by atoms with E-state index in [1.165, 1.54) is 12.1 Å². The van der Waals surface area contributed by atoms with Gasteiger partial charge in [0.15, 0.2) is 0 Å². The van der Waals surface area contributed by atoms with Gasteiger partial charge in [-0.3, -0.25) is 0 Å². The van der Waals surface area contributed by atoms with Crippen LogP contribution in [-0.2, 0) is 0 Å². The maximum Gasteiger partial charge on any atom is 2.00 e. The summed E-state index contributed by atoms with van der Waals surface area (Å²) in [6.45, 7) is 0. The third-order valence-corrected chi connectivity index (χ3v) is 4.90. The van der Waals surface area contributed by atoms with Crippen LogP contribution in [0.15, 0.2) is 60.7 Å². The molecule has 152 valence electrons. The molecule has 0 aromatic heterocycles. The molecule has 0 radical (unpaired) electrons. The number of rotatable bonds is 2. The van der Waals surface area contributed by atoms with Crippen molar-refractivity contribution in [2.45, 2.75) is 0 Å². The molecule has 6 nitrogen and oxygen atoms in total.